The van der Waals surface area contributed by atoms with E-state index in [9.17, 15) is 28.1 Å². The fraction of sp³-hybridized carbons (Fsp3) is 0.150. The Morgan fingerprint density at radius 3 is 2.47 bits per heavy atom. The lowest BCUT2D eigenvalue weighted by Crippen LogP contribution is -2.14. The third kappa shape index (κ3) is 3.91. The quantitative estimate of drug-likeness (QED) is 0.329. The molecule has 3 aromatic heterocycles. The van der Waals surface area contributed by atoms with E-state index in [4.69, 9.17) is 0 Å². The molecule has 0 radical (unpaired) electrons. The number of hydrogen-bond acceptors (Lipinski definition) is 6. The lowest BCUT2D eigenvalue weighted by molar-refractivity contribution is -0.384. The standard InChI is InChI=1S/C20H14F3N5O3S/c1-10-9-16(27(26-10)12-3-5-13(6-4-12)28(30)31)25-18(29)17-11(2)14-7-8-15(20(21,22)23)24-19(14)32-17/h3-9H,1-2H3,(H,25,29). The van der Waals surface area contributed by atoms with Gasteiger partial charge in [-0.1, -0.05) is 0 Å². The second kappa shape index (κ2) is 7.71. The first kappa shape index (κ1) is 21.4. The monoisotopic (exact) mass is 461 g/mol. The van der Waals surface area contributed by atoms with Crippen LogP contribution in [0.2, 0.25) is 0 Å². The maximum atomic E-state index is 13.0. The van der Waals surface area contributed by atoms with E-state index in [1.54, 1.807) is 19.9 Å². The molecular weight excluding hydrogens is 447 g/mol. The van der Waals surface area contributed by atoms with E-state index in [0.717, 1.165) is 17.4 Å². The van der Waals surface area contributed by atoms with E-state index in [1.807, 2.05) is 0 Å². The van der Waals surface area contributed by atoms with Gasteiger partial charge >= 0.3 is 6.18 Å². The number of nitrogens with zero attached hydrogens (tertiary/aromatic N) is 4. The minimum absolute atomic E-state index is 0.0881. The van der Waals surface area contributed by atoms with Crippen LogP contribution in [-0.2, 0) is 6.18 Å². The molecule has 0 spiro atoms. The minimum Gasteiger partial charge on any atom is -0.306 e. The van der Waals surface area contributed by atoms with Crippen LogP contribution in [0.3, 0.4) is 0 Å². The Bertz CT molecular complexity index is 1360. The lowest BCUT2D eigenvalue weighted by atomic mass is 10.2. The normalized spacial score (nSPS) is 11.7. The predicted molar refractivity (Wildman–Crippen MR) is 112 cm³/mol. The topological polar surface area (TPSA) is 103 Å². The summed E-state index contributed by atoms with van der Waals surface area (Å²) in [5.41, 5.74) is 0.480. The van der Waals surface area contributed by atoms with Gasteiger partial charge in [0.25, 0.3) is 11.6 Å². The average molecular weight is 461 g/mol. The highest BCUT2D eigenvalue weighted by Crippen LogP contribution is 2.34. The van der Waals surface area contributed by atoms with Crippen molar-refractivity contribution in [3.8, 4) is 5.69 Å². The number of aromatic nitrogens is 3. The molecule has 3 heterocycles. The molecular formula is C20H14F3N5O3S. The number of carbonyl (C=O) groups is 1. The molecule has 4 rings (SSSR count). The summed E-state index contributed by atoms with van der Waals surface area (Å²) in [6, 6.07) is 9.43. The number of fused-ring (bicyclic) bond motifs is 1. The van der Waals surface area contributed by atoms with Gasteiger partial charge in [-0.3, -0.25) is 14.9 Å². The highest BCUT2D eigenvalue weighted by Gasteiger charge is 2.33. The van der Waals surface area contributed by atoms with Crippen LogP contribution in [0.1, 0.15) is 26.6 Å². The first-order valence-electron chi connectivity index (χ1n) is 9.15. The Balaban J connectivity index is 1.67. The summed E-state index contributed by atoms with van der Waals surface area (Å²) < 4.78 is 40.3. The van der Waals surface area contributed by atoms with E-state index >= 15 is 0 Å². The largest absolute Gasteiger partial charge is 0.433 e. The molecule has 164 valence electrons. The van der Waals surface area contributed by atoms with Crippen LogP contribution in [-0.4, -0.2) is 25.6 Å². The van der Waals surface area contributed by atoms with Crippen LogP contribution < -0.4 is 5.32 Å². The van der Waals surface area contributed by atoms with Gasteiger partial charge in [0.1, 0.15) is 16.3 Å². The smallest absolute Gasteiger partial charge is 0.306 e. The van der Waals surface area contributed by atoms with E-state index < -0.39 is 22.7 Å². The van der Waals surface area contributed by atoms with Crippen molar-refractivity contribution < 1.29 is 22.9 Å². The zero-order valence-corrected chi connectivity index (χ0v) is 17.4. The van der Waals surface area contributed by atoms with Crippen LogP contribution in [0.5, 0.6) is 0 Å². The van der Waals surface area contributed by atoms with E-state index in [1.165, 1.54) is 35.0 Å². The molecule has 8 nitrogen and oxygen atoms in total. The van der Waals surface area contributed by atoms with Crippen molar-refractivity contribution in [2.45, 2.75) is 20.0 Å². The van der Waals surface area contributed by atoms with Crippen LogP contribution in [0.4, 0.5) is 24.7 Å². The number of hydrogen-bond donors (Lipinski definition) is 1. The molecule has 1 aromatic carbocycles. The molecule has 0 fully saturated rings. The number of alkyl halides is 3. The number of carbonyl (C=O) groups excluding carboxylic acids is 1. The molecule has 32 heavy (non-hydrogen) atoms. The zero-order valence-electron chi connectivity index (χ0n) is 16.6. The number of aryl methyl sites for hydroxylation is 2. The molecule has 0 unspecified atom stereocenters. The highest BCUT2D eigenvalue weighted by atomic mass is 32.1. The number of pyridine rings is 1. The summed E-state index contributed by atoms with van der Waals surface area (Å²) in [7, 11) is 0. The Labute approximate surface area is 182 Å². The van der Waals surface area contributed by atoms with Gasteiger partial charge in [0, 0.05) is 23.6 Å². The molecule has 1 N–H and O–H groups in total. The SMILES string of the molecule is Cc1cc(NC(=O)c2sc3nc(C(F)(F)F)ccc3c2C)n(-c2ccc([N+](=O)[O-])cc2)n1. The van der Waals surface area contributed by atoms with Crippen LogP contribution >= 0.6 is 11.3 Å². The number of benzene rings is 1. The molecule has 1 amide bonds. The number of nitro groups is 1. The number of non-ortho nitro benzene ring substituents is 1. The first-order chi connectivity index (χ1) is 15.0. The van der Waals surface area contributed by atoms with Gasteiger partial charge in [-0.05, 0) is 43.7 Å². The number of rotatable bonds is 4. The zero-order chi connectivity index (χ0) is 23.2. The van der Waals surface area contributed by atoms with Gasteiger partial charge in [0.05, 0.1) is 21.2 Å². The van der Waals surface area contributed by atoms with Crippen molar-refractivity contribution >= 4 is 39.0 Å². The summed E-state index contributed by atoms with van der Waals surface area (Å²) in [6.07, 6.45) is -4.58. The van der Waals surface area contributed by atoms with Crippen LogP contribution in [0, 0.1) is 24.0 Å². The summed E-state index contributed by atoms with van der Waals surface area (Å²) in [6.45, 7) is 3.35. The number of anilines is 1. The van der Waals surface area contributed by atoms with E-state index in [0.29, 0.717) is 28.1 Å². The number of nitro benzene ring substituents is 1. The van der Waals surface area contributed by atoms with Gasteiger partial charge in [0.2, 0.25) is 0 Å². The van der Waals surface area contributed by atoms with E-state index in [2.05, 4.69) is 15.4 Å². The second-order valence-electron chi connectivity index (χ2n) is 6.91. The van der Waals surface area contributed by atoms with Gasteiger partial charge in [-0.2, -0.15) is 18.3 Å². The Hall–Kier alpha value is -3.80. The lowest BCUT2D eigenvalue weighted by Gasteiger charge is -2.08. The molecule has 0 aliphatic rings. The Morgan fingerprint density at radius 1 is 1.16 bits per heavy atom. The van der Waals surface area contributed by atoms with Crippen molar-refractivity contribution in [1.29, 1.82) is 0 Å². The summed E-state index contributed by atoms with van der Waals surface area (Å²) >= 11 is 0.867. The molecule has 0 saturated heterocycles. The summed E-state index contributed by atoms with van der Waals surface area (Å²) in [4.78, 5) is 27.3. The third-order valence-corrected chi connectivity index (χ3v) is 5.88. The number of thiophene rings is 1. The van der Waals surface area contributed by atoms with E-state index in [-0.39, 0.29) is 15.4 Å². The van der Waals surface area contributed by atoms with Crippen molar-refractivity contribution in [3.05, 3.63) is 74.4 Å². The summed E-state index contributed by atoms with van der Waals surface area (Å²) in [5.74, 6) is -0.218. The van der Waals surface area contributed by atoms with Crippen molar-refractivity contribution in [2.75, 3.05) is 5.32 Å². The predicted octanol–water partition coefficient (Wildman–Crippen LogP) is 5.28. The molecule has 0 aliphatic heterocycles. The van der Waals surface area contributed by atoms with Gasteiger partial charge in [-0.25, -0.2) is 9.67 Å². The van der Waals surface area contributed by atoms with Crippen LogP contribution in [0.15, 0.2) is 42.5 Å². The van der Waals surface area contributed by atoms with Gasteiger partial charge in [-0.15, -0.1) is 11.3 Å². The fourth-order valence-electron chi connectivity index (χ4n) is 3.15. The first-order valence-corrected chi connectivity index (χ1v) is 9.96. The minimum atomic E-state index is -4.58. The number of halogens is 3. The number of nitrogens with one attached hydrogen (secondary N) is 1. The van der Waals surface area contributed by atoms with Gasteiger partial charge in [0.15, 0.2) is 0 Å². The maximum absolute atomic E-state index is 13.0. The fourth-order valence-corrected chi connectivity index (χ4v) is 4.22. The number of amides is 1. The maximum Gasteiger partial charge on any atom is 0.433 e. The average Bonchev–Trinajstić information content (AvgIpc) is 3.26. The Morgan fingerprint density at radius 2 is 1.84 bits per heavy atom. The summed E-state index contributed by atoms with van der Waals surface area (Å²) in [5, 5.41) is 18.4. The molecule has 0 saturated carbocycles. The Kier molecular flexibility index (Phi) is 5.17. The van der Waals surface area contributed by atoms with Crippen LogP contribution in [0.25, 0.3) is 15.9 Å². The third-order valence-electron chi connectivity index (χ3n) is 4.68. The molecule has 4 aromatic rings. The van der Waals surface area contributed by atoms with Crippen molar-refractivity contribution in [1.82, 2.24) is 14.8 Å². The van der Waals surface area contributed by atoms with Gasteiger partial charge < -0.3 is 5.32 Å². The highest BCUT2D eigenvalue weighted by molar-refractivity contribution is 7.20. The molecule has 0 aliphatic carbocycles. The molecule has 12 heteroatoms. The second-order valence-corrected chi connectivity index (χ2v) is 7.91. The van der Waals surface area contributed by atoms with Crippen molar-refractivity contribution in [3.63, 3.8) is 0 Å². The molecule has 0 bridgehead atoms. The van der Waals surface area contributed by atoms with Crippen molar-refractivity contribution in [2.24, 2.45) is 0 Å². The molecule has 0 atom stereocenters.